The monoisotopic (exact) mass is 680 g/mol. The molecule has 0 unspecified atom stereocenters. The number of nitrogens with zero attached hydrogens (tertiary/aromatic N) is 4. The fourth-order valence-corrected chi connectivity index (χ4v) is 5.87. The van der Waals surface area contributed by atoms with Crippen LogP contribution in [0.5, 0.6) is 0 Å². The van der Waals surface area contributed by atoms with E-state index in [2.05, 4.69) is 15.0 Å². The van der Waals surface area contributed by atoms with E-state index in [-0.39, 0.29) is 16.2 Å². The summed E-state index contributed by atoms with van der Waals surface area (Å²) in [5.41, 5.74) is -6.17. The van der Waals surface area contributed by atoms with E-state index < -0.39 is 246 Å². The Balaban J connectivity index is 1.37. The van der Waals surface area contributed by atoms with Crippen LogP contribution in [0.2, 0.25) is 0 Å². The van der Waals surface area contributed by atoms with E-state index in [0.717, 1.165) is 4.57 Å². The Morgan fingerprint density at radius 2 is 1.00 bits per heavy atom. The number of benzene rings is 7. The summed E-state index contributed by atoms with van der Waals surface area (Å²) in [5, 5.41) is -2.40. The van der Waals surface area contributed by atoms with E-state index in [0.29, 0.717) is 0 Å². The van der Waals surface area contributed by atoms with Crippen molar-refractivity contribution in [2.45, 2.75) is 0 Å². The molecule has 0 amide bonds. The summed E-state index contributed by atoms with van der Waals surface area (Å²) in [5.74, 6) is -2.56. The Morgan fingerprint density at radius 1 is 0.412 bits per heavy atom. The summed E-state index contributed by atoms with van der Waals surface area (Å²) >= 11 is 0. The van der Waals surface area contributed by atoms with Gasteiger partial charge in [0.05, 0.1) is 57.6 Å². The van der Waals surface area contributed by atoms with E-state index in [9.17, 15) is 12.3 Å². The lowest BCUT2D eigenvalue weighted by Crippen LogP contribution is -2.06. The van der Waals surface area contributed by atoms with Gasteiger partial charge in [-0.25, -0.2) is 4.98 Å². The Bertz CT molecular complexity index is 4600. The zero-order valence-corrected chi connectivity index (χ0v) is 25.1. The lowest BCUT2D eigenvalue weighted by atomic mass is 10.0. The number of aromatic nitrogens is 4. The number of furan rings is 2. The molecule has 0 aliphatic rings. The maximum atomic E-state index is 9.58. The molecule has 6 heteroatoms. The minimum atomic E-state index is -1.02. The van der Waals surface area contributed by atoms with E-state index in [4.69, 9.17) is 32.1 Å². The van der Waals surface area contributed by atoms with Gasteiger partial charge in [-0.05, 0) is 47.4 Å². The minimum absolute atomic E-state index is 0.350. The number of fused-ring (bicyclic) bond motifs is 10. The molecule has 6 nitrogen and oxygen atoms in total. The summed E-state index contributed by atoms with van der Waals surface area (Å²) in [6.07, 6.45) is 0. The summed E-state index contributed by atoms with van der Waals surface area (Å²) in [6, 6.07) is -21.7. The van der Waals surface area contributed by atoms with E-state index in [1.807, 2.05) is 0 Å². The van der Waals surface area contributed by atoms with Crippen molar-refractivity contribution in [2.75, 3.05) is 0 Å². The van der Waals surface area contributed by atoms with E-state index >= 15 is 0 Å². The van der Waals surface area contributed by atoms with Crippen LogP contribution in [-0.4, -0.2) is 19.5 Å². The average molecular weight is 681 g/mol. The highest BCUT2D eigenvalue weighted by atomic mass is 16.3. The average Bonchev–Trinajstić information content (AvgIpc) is 4.18. The Kier molecular flexibility index (Phi) is 2.67. The van der Waals surface area contributed by atoms with Crippen LogP contribution in [0.25, 0.3) is 106 Å². The summed E-state index contributed by atoms with van der Waals surface area (Å²) in [6.45, 7) is 0. The van der Waals surface area contributed by atoms with Gasteiger partial charge in [0.1, 0.15) is 22.3 Å². The Morgan fingerprint density at radius 3 is 1.78 bits per heavy atom. The maximum absolute atomic E-state index is 9.58. The fraction of sp³-hybridized carbons (Fsp3) is 0. The molecule has 0 saturated carbocycles. The highest BCUT2D eigenvalue weighted by molar-refractivity contribution is 6.23. The minimum Gasteiger partial charge on any atom is -0.455 e. The molecule has 4 aromatic heterocycles. The molecular weight excluding hydrogens is 629 g/mol. The van der Waals surface area contributed by atoms with Crippen LogP contribution in [-0.2, 0) is 0 Å². The third-order valence-corrected chi connectivity index (χ3v) is 8.05. The number of rotatable bonds is 4. The van der Waals surface area contributed by atoms with Crippen molar-refractivity contribution in [1.82, 2.24) is 19.5 Å². The van der Waals surface area contributed by atoms with Gasteiger partial charge in [0.25, 0.3) is 0 Å². The van der Waals surface area contributed by atoms with E-state index in [1.54, 1.807) is 0 Å². The second kappa shape index (κ2) is 10.7. The van der Waals surface area contributed by atoms with Crippen molar-refractivity contribution in [3.8, 4) is 39.9 Å². The molecular formula is C45H26N4O2. The van der Waals surface area contributed by atoms with Crippen LogP contribution in [0.3, 0.4) is 0 Å². The molecule has 0 aliphatic heterocycles. The molecule has 0 aliphatic carbocycles. The van der Waals surface area contributed by atoms with Crippen LogP contribution in [0, 0.1) is 0 Å². The lowest BCUT2D eigenvalue weighted by molar-refractivity contribution is 0.669. The normalized spacial score (nSPS) is 19.1. The van der Waals surface area contributed by atoms with Gasteiger partial charge < -0.3 is 8.83 Å². The molecule has 7 aromatic carbocycles. The van der Waals surface area contributed by atoms with Gasteiger partial charge >= 0.3 is 0 Å². The lowest BCUT2D eigenvalue weighted by Gasteiger charge is -2.11. The first kappa shape index (κ1) is 12.7. The summed E-state index contributed by atoms with van der Waals surface area (Å²) < 4.78 is 242. The highest BCUT2D eigenvalue weighted by Gasteiger charge is 2.22. The van der Waals surface area contributed by atoms with Crippen LogP contribution < -0.4 is 0 Å². The predicted octanol–water partition coefficient (Wildman–Crippen LogP) is 11.8. The van der Waals surface area contributed by atoms with Crippen molar-refractivity contribution in [1.29, 1.82) is 0 Å². The molecule has 0 atom stereocenters. The molecule has 11 aromatic rings. The van der Waals surface area contributed by atoms with Crippen molar-refractivity contribution in [2.24, 2.45) is 0 Å². The molecule has 0 radical (unpaired) electrons. The quantitative estimate of drug-likeness (QED) is 0.185. The van der Waals surface area contributed by atoms with Crippen molar-refractivity contribution >= 4 is 65.7 Å². The zero-order chi connectivity index (χ0) is 56.1. The number of hydrogen-bond donors (Lipinski definition) is 0. The van der Waals surface area contributed by atoms with Crippen molar-refractivity contribution in [3.63, 3.8) is 0 Å². The Labute approximate surface area is 327 Å². The second-order valence-corrected chi connectivity index (χ2v) is 10.8. The molecule has 0 spiro atoms. The van der Waals surface area contributed by atoms with Crippen LogP contribution in [0.1, 0.15) is 35.6 Å². The fourth-order valence-electron chi connectivity index (χ4n) is 5.87. The van der Waals surface area contributed by atoms with Gasteiger partial charge in [-0.1, -0.05) is 121 Å². The predicted molar refractivity (Wildman–Crippen MR) is 205 cm³/mol. The first-order chi connectivity index (χ1) is 36.1. The van der Waals surface area contributed by atoms with Gasteiger partial charge in [0.2, 0.25) is 5.95 Å². The second-order valence-electron chi connectivity index (χ2n) is 10.8. The first-order valence-corrected chi connectivity index (χ1v) is 14.8. The van der Waals surface area contributed by atoms with Crippen LogP contribution >= 0.6 is 0 Å². The smallest absolute Gasteiger partial charge is 0.238 e. The van der Waals surface area contributed by atoms with Gasteiger partial charge in [-0.15, -0.1) is 0 Å². The SMILES string of the molecule is [2H]c1c([2H])c([2H])c(-c2c([2H])c([2H])c(-c3nc(-c4c([2H])c([2H])c([2H])c5c4oc4c([2H])c([2H])c([2H])c([2H])c45)nc(-n4c5c([2H])c([2H])c([2H])c([2H])c5c5c6oc7c([2H])c([2H])c([2H])c([2H])c7c6c([2H])c([2H])c54)n3)c([2H])c2[2H])c([2H])c1[2H]. The van der Waals surface area contributed by atoms with Crippen LogP contribution in [0.15, 0.2) is 166 Å². The van der Waals surface area contributed by atoms with Crippen LogP contribution in [0.4, 0.5) is 0 Å². The molecule has 0 fully saturated rings. The topological polar surface area (TPSA) is 69.9 Å². The summed E-state index contributed by atoms with van der Waals surface area (Å²) in [7, 11) is 0. The largest absolute Gasteiger partial charge is 0.455 e. The third-order valence-electron chi connectivity index (χ3n) is 8.05. The molecule has 51 heavy (non-hydrogen) atoms. The van der Waals surface area contributed by atoms with Gasteiger partial charge in [0.15, 0.2) is 11.6 Å². The molecule has 0 saturated heterocycles. The Hall–Kier alpha value is -7.05. The molecule has 0 bridgehead atoms. The number of para-hydroxylation sites is 4. The number of hydrogen-bond acceptors (Lipinski definition) is 5. The third kappa shape index (κ3) is 4.20. The maximum Gasteiger partial charge on any atom is 0.238 e. The molecule has 238 valence electrons. The first-order valence-electron chi connectivity index (χ1n) is 27.8. The van der Waals surface area contributed by atoms with E-state index in [1.165, 1.54) is 0 Å². The highest BCUT2D eigenvalue weighted by Crippen LogP contribution is 2.41. The molecule has 11 rings (SSSR count). The zero-order valence-electron chi connectivity index (χ0n) is 51.1. The molecule has 0 N–H and O–H groups in total. The molecule has 4 heterocycles. The van der Waals surface area contributed by atoms with Crippen molar-refractivity contribution in [3.05, 3.63) is 157 Å². The van der Waals surface area contributed by atoms with Gasteiger partial charge in [-0.2, -0.15) is 9.97 Å². The standard InChI is InChI=1S/C45H26N4O2/c1-2-11-27(12-3-1)28-21-23-29(24-22-28)43-46-44(35-17-10-16-32-30-13-5-8-19-38(30)50-41(32)35)48-45(47-43)49-36-18-7-4-15-34(36)40-37(49)26-25-33-31-14-6-9-20-39(31)51-42(33)40/h1-26H/i1D,2D,3D,4D,5D,6D,7D,8D,9D,10D,11D,12D,13D,14D,15D,16D,17D,18D,19D,20D,21D,22D,23D,24D,25D,26D. The van der Waals surface area contributed by atoms with Gasteiger partial charge in [-0.3, -0.25) is 4.57 Å². The van der Waals surface area contributed by atoms with Gasteiger partial charge in [0, 0.05) is 32.5 Å². The van der Waals surface area contributed by atoms with Crippen molar-refractivity contribution < 1.29 is 44.5 Å². The summed E-state index contributed by atoms with van der Waals surface area (Å²) in [4.78, 5) is 13.6.